The van der Waals surface area contributed by atoms with Crippen molar-refractivity contribution in [2.45, 2.75) is 58.8 Å². The van der Waals surface area contributed by atoms with E-state index in [-0.39, 0.29) is 5.91 Å². The number of nitrogens with zero attached hydrogens (tertiary/aromatic N) is 2. The smallest absolute Gasteiger partial charge is 0.224 e. The largest absolute Gasteiger partial charge is 0.357 e. The Kier molecular flexibility index (Phi) is 6.52. The van der Waals surface area contributed by atoms with E-state index in [0.29, 0.717) is 18.4 Å². The summed E-state index contributed by atoms with van der Waals surface area (Å²) in [5, 5.41) is 6.60. The van der Waals surface area contributed by atoms with Crippen LogP contribution in [-0.4, -0.2) is 49.5 Å². The number of amides is 1. The van der Waals surface area contributed by atoms with Gasteiger partial charge in [0.05, 0.1) is 0 Å². The highest BCUT2D eigenvalue weighted by molar-refractivity contribution is 5.81. The van der Waals surface area contributed by atoms with Gasteiger partial charge in [0.25, 0.3) is 0 Å². The second-order valence-corrected chi connectivity index (χ2v) is 6.67. The van der Waals surface area contributed by atoms with Crippen LogP contribution in [-0.2, 0) is 4.79 Å². The fourth-order valence-electron chi connectivity index (χ4n) is 3.30. The van der Waals surface area contributed by atoms with Gasteiger partial charge in [0.1, 0.15) is 0 Å². The topological polar surface area (TPSA) is 56.7 Å². The summed E-state index contributed by atoms with van der Waals surface area (Å²) in [6, 6.07) is 0. The maximum Gasteiger partial charge on any atom is 0.224 e. The third-order valence-corrected chi connectivity index (χ3v) is 5.17. The minimum Gasteiger partial charge on any atom is -0.357 e. The molecule has 0 atom stereocenters. The average molecular weight is 308 g/mol. The van der Waals surface area contributed by atoms with Crippen LogP contribution >= 0.6 is 0 Å². The van der Waals surface area contributed by atoms with Crippen LogP contribution in [0.4, 0.5) is 0 Å². The molecular weight excluding hydrogens is 276 g/mol. The molecule has 0 spiro atoms. The first-order valence-corrected chi connectivity index (χ1v) is 8.99. The van der Waals surface area contributed by atoms with Crippen molar-refractivity contribution in [3.8, 4) is 0 Å². The molecule has 126 valence electrons. The summed E-state index contributed by atoms with van der Waals surface area (Å²) in [4.78, 5) is 18.7. The van der Waals surface area contributed by atoms with Gasteiger partial charge in [-0.15, -0.1) is 0 Å². The first kappa shape index (κ1) is 17.1. The SMILES string of the molecule is CCNC(=NCC1(CC)CCC1)NCCC(=O)N1CCCC1. The predicted molar refractivity (Wildman–Crippen MR) is 91.0 cm³/mol. The number of rotatable bonds is 7. The normalized spacial score (nSPS) is 20.6. The number of nitrogens with one attached hydrogen (secondary N) is 2. The average Bonchev–Trinajstić information content (AvgIpc) is 3.00. The van der Waals surface area contributed by atoms with Crippen molar-refractivity contribution in [1.82, 2.24) is 15.5 Å². The van der Waals surface area contributed by atoms with Crippen LogP contribution in [0.2, 0.25) is 0 Å². The predicted octanol–water partition coefficient (Wildman–Crippen LogP) is 2.13. The third kappa shape index (κ3) is 4.62. The van der Waals surface area contributed by atoms with E-state index in [1.807, 2.05) is 4.90 Å². The molecular formula is C17H32N4O. The van der Waals surface area contributed by atoms with Crippen molar-refractivity contribution in [1.29, 1.82) is 0 Å². The maximum absolute atomic E-state index is 12.0. The van der Waals surface area contributed by atoms with Crippen molar-refractivity contribution < 1.29 is 4.79 Å². The Morgan fingerprint density at radius 2 is 1.86 bits per heavy atom. The molecule has 1 amide bonds. The molecule has 5 heteroatoms. The van der Waals surface area contributed by atoms with Crippen molar-refractivity contribution in [3.05, 3.63) is 0 Å². The van der Waals surface area contributed by atoms with Crippen LogP contribution < -0.4 is 10.6 Å². The van der Waals surface area contributed by atoms with E-state index in [2.05, 4.69) is 24.5 Å². The Balaban J connectivity index is 1.74. The zero-order valence-electron chi connectivity index (χ0n) is 14.3. The first-order chi connectivity index (χ1) is 10.7. The lowest BCUT2D eigenvalue weighted by Gasteiger charge is -2.40. The lowest BCUT2D eigenvalue weighted by molar-refractivity contribution is -0.129. The Morgan fingerprint density at radius 3 is 2.41 bits per heavy atom. The van der Waals surface area contributed by atoms with Gasteiger partial charge in [-0.3, -0.25) is 9.79 Å². The monoisotopic (exact) mass is 308 g/mol. The summed E-state index contributed by atoms with van der Waals surface area (Å²) in [6.45, 7) is 8.64. The number of hydrogen-bond donors (Lipinski definition) is 2. The Bertz CT molecular complexity index is 379. The van der Waals surface area contributed by atoms with Gasteiger partial charge in [0, 0.05) is 39.1 Å². The summed E-state index contributed by atoms with van der Waals surface area (Å²) in [7, 11) is 0. The molecule has 1 heterocycles. The van der Waals surface area contributed by atoms with Gasteiger partial charge in [-0.1, -0.05) is 13.3 Å². The molecule has 1 aliphatic carbocycles. The minimum absolute atomic E-state index is 0.268. The number of hydrogen-bond acceptors (Lipinski definition) is 2. The first-order valence-electron chi connectivity index (χ1n) is 8.99. The third-order valence-electron chi connectivity index (χ3n) is 5.17. The number of carbonyl (C=O) groups excluding carboxylic acids is 1. The lowest BCUT2D eigenvalue weighted by Crippen LogP contribution is -2.41. The molecule has 1 aliphatic heterocycles. The van der Waals surface area contributed by atoms with Crippen LogP contribution in [0.1, 0.15) is 58.8 Å². The second kappa shape index (κ2) is 8.39. The van der Waals surface area contributed by atoms with E-state index < -0.39 is 0 Å². The van der Waals surface area contributed by atoms with Crippen LogP contribution in [0.25, 0.3) is 0 Å². The lowest BCUT2D eigenvalue weighted by atomic mass is 9.67. The summed E-state index contributed by atoms with van der Waals surface area (Å²) < 4.78 is 0. The molecule has 2 fully saturated rings. The van der Waals surface area contributed by atoms with E-state index in [9.17, 15) is 4.79 Å². The van der Waals surface area contributed by atoms with Gasteiger partial charge in [-0.2, -0.15) is 0 Å². The zero-order valence-corrected chi connectivity index (χ0v) is 14.3. The fourth-order valence-corrected chi connectivity index (χ4v) is 3.30. The van der Waals surface area contributed by atoms with Crippen LogP contribution in [0.15, 0.2) is 4.99 Å². The highest BCUT2D eigenvalue weighted by atomic mass is 16.2. The molecule has 1 saturated heterocycles. The molecule has 22 heavy (non-hydrogen) atoms. The van der Waals surface area contributed by atoms with Crippen LogP contribution in [0.3, 0.4) is 0 Å². The summed E-state index contributed by atoms with van der Waals surface area (Å²) in [6.07, 6.45) is 8.04. The molecule has 0 aromatic heterocycles. The van der Waals surface area contributed by atoms with Crippen molar-refractivity contribution in [2.24, 2.45) is 10.4 Å². The number of likely N-dealkylation sites (tertiary alicyclic amines) is 1. The van der Waals surface area contributed by atoms with Crippen molar-refractivity contribution in [2.75, 3.05) is 32.7 Å². The number of carbonyl (C=O) groups is 1. The Hall–Kier alpha value is -1.26. The van der Waals surface area contributed by atoms with E-state index in [0.717, 1.165) is 45.0 Å². The highest BCUT2D eigenvalue weighted by Gasteiger charge is 2.34. The minimum atomic E-state index is 0.268. The molecule has 2 N–H and O–H groups in total. The summed E-state index contributed by atoms with van der Waals surface area (Å²) in [5.41, 5.74) is 0.438. The van der Waals surface area contributed by atoms with E-state index in [4.69, 9.17) is 4.99 Å². The zero-order chi connectivity index (χ0) is 15.8. The highest BCUT2D eigenvalue weighted by Crippen LogP contribution is 2.43. The van der Waals surface area contributed by atoms with Gasteiger partial charge in [0.2, 0.25) is 5.91 Å². The summed E-state index contributed by atoms with van der Waals surface area (Å²) in [5.74, 6) is 1.13. The molecule has 0 unspecified atom stereocenters. The quantitative estimate of drug-likeness (QED) is 0.559. The van der Waals surface area contributed by atoms with E-state index >= 15 is 0 Å². The maximum atomic E-state index is 12.0. The fraction of sp³-hybridized carbons (Fsp3) is 0.882. The standard InChI is InChI=1S/C17H32N4O/c1-3-17(9-7-10-17)14-20-16(18-4-2)19-11-8-15(22)21-12-5-6-13-21/h3-14H2,1-2H3,(H2,18,19,20). The van der Waals surface area contributed by atoms with Crippen molar-refractivity contribution in [3.63, 3.8) is 0 Å². The van der Waals surface area contributed by atoms with Gasteiger partial charge in [-0.25, -0.2) is 0 Å². The van der Waals surface area contributed by atoms with Gasteiger partial charge >= 0.3 is 0 Å². The van der Waals surface area contributed by atoms with Crippen molar-refractivity contribution >= 4 is 11.9 Å². The molecule has 2 rings (SSSR count). The molecule has 0 bridgehead atoms. The van der Waals surface area contributed by atoms with E-state index in [1.54, 1.807) is 0 Å². The van der Waals surface area contributed by atoms with Gasteiger partial charge in [0.15, 0.2) is 5.96 Å². The number of aliphatic imine (C=N–C) groups is 1. The Morgan fingerprint density at radius 1 is 1.14 bits per heavy atom. The Labute approximate surface area is 134 Å². The summed E-state index contributed by atoms with van der Waals surface area (Å²) >= 11 is 0. The van der Waals surface area contributed by atoms with Gasteiger partial charge < -0.3 is 15.5 Å². The molecule has 1 saturated carbocycles. The molecule has 5 nitrogen and oxygen atoms in total. The molecule has 2 aliphatic rings. The molecule has 0 aromatic rings. The number of guanidine groups is 1. The van der Waals surface area contributed by atoms with Crippen LogP contribution in [0, 0.1) is 5.41 Å². The molecule has 0 radical (unpaired) electrons. The van der Waals surface area contributed by atoms with Gasteiger partial charge in [-0.05, 0) is 44.4 Å². The van der Waals surface area contributed by atoms with Crippen LogP contribution in [0.5, 0.6) is 0 Å². The molecule has 0 aromatic carbocycles. The van der Waals surface area contributed by atoms with E-state index in [1.165, 1.54) is 25.7 Å². The second-order valence-electron chi connectivity index (χ2n) is 6.67.